The SMILES string of the molecule is NC(CCl)=Nc1c(Cl)ccc2nsnc12. The van der Waals surface area contributed by atoms with Crippen molar-refractivity contribution in [1.29, 1.82) is 0 Å². The predicted molar refractivity (Wildman–Crippen MR) is 64.4 cm³/mol. The van der Waals surface area contributed by atoms with Crippen LogP contribution in [-0.4, -0.2) is 20.5 Å². The third-order valence-electron chi connectivity index (χ3n) is 1.74. The molecule has 0 spiro atoms. The summed E-state index contributed by atoms with van der Waals surface area (Å²) in [6.07, 6.45) is 0. The maximum absolute atomic E-state index is 5.99. The van der Waals surface area contributed by atoms with Crippen LogP contribution in [0.1, 0.15) is 0 Å². The zero-order chi connectivity index (χ0) is 10.8. The average Bonchev–Trinajstić information content (AvgIpc) is 2.70. The Morgan fingerprint density at radius 2 is 2.27 bits per heavy atom. The van der Waals surface area contributed by atoms with Crippen molar-refractivity contribution < 1.29 is 0 Å². The lowest BCUT2D eigenvalue weighted by Crippen LogP contribution is -2.12. The largest absolute Gasteiger partial charge is 0.386 e. The third kappa shape index (κ3) is 2.04. The molecular weight excluding hydrogens is 255 g/mol. The van der Waals surface area contributed by atoms with Gasteiger partial charge in [-0.15, -0.1) is 11.6 Å². The first-order chi connectivity index (χ1) is 7.22. The summed E-state index contributed by atoms with van der Waals surface area (Å²) in [5.41, 5.74) is 7.49. The number of nitrogens with zero attached hydrogens (tertiary/aromatic N) is 3. The number of halogens is 2. The van der Waals surface area contributed by atoms with Crippen LogP contribution < -0.4 is 5.73 Å². The van der Waals surface area contributed by atoms with Crippen LogP contribution in [0.3, 0.4) is 0 Å². The molecule has 2 N–H and O–H groups in total. The molecule has 15 heavy (non-hydrogen) atoms. The van der Waals surface area contributed by atoms with Gasteiger partial charge < -0.3 is 5.73 Å². The molecule has 1 aromatic carbocycles. The van der Waals surface area contributed by atoms with E-state index in [1.165, 1.54) is 0 Å². The number of nitrogens with two attached hydrogens (primary N) is 1. The van der Waals surface area contributed by atoms with Crippen LogP contribution in [0, 0.1) is 0 Å². The Labute approximate surface area is 100 Å². The van der Waals surface area contributed by atoms with Gasteiger partial charge in [0.05, 0.1) is 22.6 Å². The summed E-state index contributed by atoms with van der Waals surface area (Å²) in [6, 6.07) is 3.50. The molecule has 0 saturated heterocycles. The lowest BCUT2D eigenvalue weighted by molar-refractivity contribution is 1.46. The van der Waals surface area contributed by atoms with E-state index in [9.17, 15) is 0 Å². The predicted octanol–water partition coefficient (Wildman–Crippen LogP) is 2.57. The van der Waals surface area contributed by atoms with Gasteiger partial charge in [0.1, 0.15) is 22.6 Å². The summed E-state index contributed by atoms with van der Waals surface area (Å²) < 4.78 is 8.19. The topological polar surface area (TPSA) is 64.2 Å². The van der Waals surface area contributed by atoms with Crippen molar-refractivity contribution in [2.75, 3.05) is 5.88 Å². The van der Waals surface area contributed by atoms with E-state index >= 15 is 0 Å². The van der Waals surface area contributed by atoms with Crippen molar-refractivity contribution in [1.82, 2.24) is 8.75 Å². The second kappa shape index (κ2) is 4.30. The van der Waals surface area contributed by atoms with E-state index < -0.39 is 0 Å². The van der Waals surface area contributed by atoms with E-state index in [1.54, 1.807) is 12.1 Å². The Bertz CT molecular complexity index is 522. The van der Waals surface area contributed by atoms with Crippen LogP contribution in [0.5, 0.6) is 0 Å². The molecular formula is C8H6Cl2N4S. The second-order valence-corrected chi connectivity index (χ2v) is 3.97. The highest BCUT2D eigenvalue weighted by Gasteiger charge is 2.09. The number of rotatable bonds is 2. The summed E-state index contributed by atoms with van der Waals surface area (Å²) in [5.74, 6) is 0.462. The first kappa shape index (κ1) is 10.6. The van der Waals surface area contributed by atoms with Gasteiger partial charge in [0.15, 0.2) is 0 Å². The Morgan fingerprint density at radius 1 is 1.47 bits per heavy atom. The van der Waals surface area contributed by atoms with E-state index in [-0.39, 0.29) is 5.88 Å². The first-order valence-electron chi connectivity index (χ1n) is 4.02. The molecule has 1 aromatic heterocycles. The van der Waals surface area contributed by atoms with Crippen LogP contribution in [0.2, 0.25) is 5.02 Å². The smallest absolute Gasteiger partial charge is 0.132 e. The summed E-state index contributed by atoms with van der Waals surface area (Å²) in [4.78, 5) is 4.11. The fourth-order valence-electron chi connectivity index (χ4n) is 1.09. The molecule has 78 valence electrons. The molecule has 0 aliphatic rings. The van der Waals surface area contributed by atoms with E-state index in [4.69, 9.17) is 28.9 Å². The first-order valence-corrected chi connectivity index (χ1v) is 5.66. The fraction of sp³-hybridized carbons (Fsp3) is 0.125. The van der Waals surface area contributed by atoms with Gasteiger partial charge in [0.25, 0.3) is 0 Å². The number of alkyl halides is 1. The van der Waals surface area contributed by atoms with E-state index in [0.29, 0.717) is 22.1 Å². The Morgan fingerprint density at radius 3 is 3.00 bits per heavy atom. The molecule has 1 heterocycles. The van der Waals surface area contributed by atoms with E-state index in [1.807, 2.05) is 0 Å². The molecule has 2 rings (SSSR count). The molecule has 0 unspecified atom stereocenters. The molecule has 0 amide bonds. The Kier molecular flexibility index (Phi) is 3.04. The lowest BCUT2D eigenvalue weighted by atomic mass is 10.2. The molecule has 4 nitrogen and oxygen atoms in total. The van der Waals surface area contributed by atoms with Gasteiger partial charge in [-0.1, -0.05) is 11.6 Å². The number of hydrogen-bond acceptors (Lipinski definition) is 4. The molecule has 0 bridgehead atoms. The van der Waals surface area contributed by atoms with Crippen LogP contribution in [0.15, 0.2) is 17.1 Å². The monoisotopic (exact) mass is 260 g/mol. The minimum absolute atomic E-state index is 0.157. The summed E-state index contributed by atoms with van der Waals surface area (Å²) in [5, 5.41) is 0.489. The molecule has 0 saturated carbocycles. The number of benzene rings is 1. The third-order valence-corrected chi connectivity index (χ3v) is 2.87. The van der Waals surface area contributed by atoms with Gasteiger partial charge in [-0.05, 0) is 12.1 Å². The number of aromatic nitrogens is 2. The molecule has 0 aliphatic carbocycles. The van der Waals surface area contributed by atoms with Gasteiger partial charge >= 0.3 is 0 Å². The van der Waals surface area contributed by atoms with Gasteiger partial charge in [0, 0.05) is 0 Å². The van der Waals surface area contributed by atoms with Gasteiger partial charge in [-0.3, -0.25) is 0 Å². The molecule has 0 radical (unpaired) electrons. The van der Waals surface area contributed by atoms with Crippen molar-refractivity contribution in [3.05, 3.63) is 17.2 Å². The molecule has 0 atom stereocenters. The number of fused-ring (bicyclic) bond motifs is 1. The van der Waals surface area contributed by atoms with Gasteiger partial charge in [-0.2, -0.15) is 8.75 Å². The zero-order valence-electron chi connectivity index (χ0n) is 7.44. The normalized spacial score (nSPS) is 12.3. The van der Waals surface area contributed by atoms with Crippen molar-refractivity contribution in [3.8, 4) is 0 Å². The zero-order valence-corrected chi connectivity index (χ0v) is 9.77. The van der Waals surface area contributed by atoms with Crippen LogP contribution >= 0.6 is 34.9 Å². The lowest BCUT2D eigenvalue weighted by Gasteiger charge is -1.99. The highest BCUT2D eigenvalue weighted by molar-refractivity contribution is 7.00. The highest BCUT2D eigenvalue weighted by Crippen LogP contribution is 2.32. The molecule has 7 heteroatoms. The Hall–Kier alpha value is -0.910. The Balaban J connectivity index is 2.66. The quantitative estimate of drug-likeness (QED) is 0.513. The maximum atomic E-state index is 5.99. The van der Waals surface area contributed by atoms with Crippen molar-refractivity contribution in [2.24, 2.45) is 10.7 Å². The van der Waals surface area contributed by atoms with E-state index in [0.717, 1.165) is 17.2 Å². The molecule has 0 fully saturated rings. The molecule has 0 aliphatic heterocycles. The second-order valence-electron chi connectivity index (χ2n) is 2.76. The number of aliphatic imine (C=N–C) groups is 1. The fourth-order valence-corrected chi connectivity index (χ4v) is 1.89. The standard InChI is InChI=1S/C8H6Cl2N4S/c9-3-6(11)12-7-4(10)1-2-5-8(7)14-15-13-5/h1-2H,3H2,(H2,11,12). The van der Waals surface area contributed by atoms with Crippen LogP contribution in [0.4, 0.5) is 5.69 Å². The van der Waals surface area contributed by atoms with E-state index in [2.05, 4.69) is 13.7 Å². The van der Waals surface area contributed by atoms with Crippen molar-refractivity contribution >= 4 is 57.5 Å². The average molecular weight is 261 g/mol. The van der Waals surface area contributed by atoms with Gasteiger partial charge in [-0.25, -0.2) is 4.99 Å². The number of amidine groups is 1. The highest BCUT2D eigenvalue weighted by atomic mass is 35.5. The van der Waals surface area contributed by atoms with Crippen molar-refractivity contribution in [3.63, 3.8) is 0 Å². The maximum Gasteiger partial charge on any atom is 0.132 e. The molecule has 2 aromatic rings. The van der Waals surface area contributed by atoms with Crippen LogP contribution in [0.25, 0.3) is 11.0 Å². The summed E-state index contributed by atoms with van der Waals surface area (Å²) in [7, 11) is 0. The van der Waals surface area contributed by atoms with Crippen molar-refractivity contribution in [2.45, 2.75) is 0 Å². The summed E-state index contributed by atoms with van der Waals surface area (Å²) >= 11 is 12.6. The minimum atomic E-state index is 0.157. The minimum Gasteiger partial charge on any atom is -0.386 e. The summed E-state index contributed by atoms with van der Waals surface area (Å²) in [6.45, 7) is 0. The van der Waals surface area contributed by atoms with Crippen LogP contribution in [-0.2, 0) is 0 Å². The van der Waals surface area contributed by atoms with Gasteiger partial charge in [0.2, 0.25) is 0 Å². The number of hydrogen-bond donors (Lipinski definition) is 1.